The van der Waals surface area contributed by atoms with Gasteiger partial charge < -0.3 is 5.32 Å². The van der Waals surface area contributed by atoms with Crippen molar-refractivity contribution in [3.05, 3.63) is 47.2 Å². The van der Waals surface area contributed by atoms with Crippen LogP contribution < -0.4 is 5.32 Å². The third-order valence-corrected chi connectivity index (χ3v) is 2.55. The average molecular weight is 261 g/mol. The molecule has 6 heteroatoms. The molecule has 5 nitrogen and oxygen atoms in total. The zero-order chi connectivity index (χ0) is 13.0. The Kier molecular flexibility index (Phi) is 3.60. The van der Waals surface area contributed by atoms with E-state index < -0.39 is 0 Å². The van der Waals surface area contributed by atoms with Crippen molar-refractivity contribution >= 4 is 23.2 Å². The second kappa shape index (κ2) is 5.34. The molecule has 0 unspecified atom stereocenters. The maximum absolute atomic E-state index is 11.7. The fourth-order valence-corrected chi connectivity index (χ4v) is 1.64. The first kappa shape index (κ1) is 12.1. The van der Waals surface area contributed by atoms with Gasteiger partial charge in [-0.3, -0.25) is 9.48 Å². The summed E-state index contributed by atoms with van der Waals surface area (Å²) in [6.45, 7) is 0.114. The number of carbonyl (C=O) groups is 1. The van der Waals surface area contributed by atoms with E-state index in [1.54, 1.807) is 30.6 Å². The van der Waals surface area contributed by atoms with E-state index in [1.165, 1.54) is 10.7 Å². The predicted molar refractivity (Wildman–Crippen MR) is 67.0 cm³/mol. The van der Waals surface area contributed by atoms with E-state index in [0.29, 0.717) is 16.3 Å². The molecular weight excluding hydrogens is 252 g/mol. The number of anilines is 1. The Morgan fingerprint density at radius 1 is 1.56 bits per heavy atom. The van der Waals surface area contributed by atoms with Crippen molar-refractivity contribution in [1.82, 2.24) is 9.78 Å². The Bertz CT molecular complexity index is 601. The van der Waals surface area contributed by atoms with E-state index in [4.69, 9.17) is 16.9 Å². The fourth-order valence-electron chi connectivity index (χ4n) is 1.42. The van der Waals surface area contributed by atoms with Crippen molar-refractivity contribution in [1.29, 1.82) is 5.26 Å². The summed E-state index contributed by atoms with van der Waals surface area (Å²) in [5.74, 6) is -0.231. The lowest BCUT2D eigenvalue weighted by Crippen LogP contribution is -2.19. The number of aromatic nitrogens is 2. The molecule has 1 heterocycles. The molecule has 1 amide bonds. The molecule has 2 aromatic rings. The minimum Gasteiger partial charge on any atom is -0.323 e. The second-order valence-electron chi connectivity index (χ2n) is 3.56. The summed E-state index contributed by atoms with van der Waals surface area (Å²) in [5.41, 5.74) is 0.929. The van der Waals surface area contributed by atoms with E-state index in [2.05, 4.69) is 10.4 Å². The van der Waals surface area contributed by atoms with Gasteiger partial charge >= 0.3 is 0 Å². The number of amides is 1. The largest absolute Gasteiger partial charge is 0.323 e. The third-order valence-electron chi connectivity index (χ3n) is 2.24. The number of nitriles is 1. The van der Waals surface area contributed by atoms with Gasteiger partial charge in [-0.05, 0) is 24.3 Å². The van der Waals surface area contributed by atoms with E-state index >= 15 is 0 Å². The summed E-state index contributed by atoms with van der Waals surface area (Å²) < 4.78 is 1.51. The second-order valence-corrected chi connectivity index (χ2v) is 3.97. The number of carbonyl (C=O) groups excluding carboxylic acids is 1. The lowest BCUT2D eigenvalue weighted by Gasteiger charge is -2.07. The number of rotatable bonds is 3. The SMILES string of the molecule is N#Cc1ccc(NC(=O)Cn2cccn2)c(Cl)c1. The van der Waals surface area contributed by atoms with Gasteiger partial charge in [0, 0.05) is 12.4 Å². The van der Waals surface area contributed by atoms with Crippen LogP contribution in [0.15, 0.2) is 36.7 Å². The zero-order valence-electron chi connectivity index (χ0n) is 9.30. The highest BCUT2D eigenvalue weighted by Crippen LogP contribution is 2.22. The van der Waals surface area contributed by atoms with Crippen LogP contribution in [0.4, 0.5) is 5.69 Å². The van der Waals surface area contributed by atoms with Crippen LogP contribution in [0.3, 0.4) is 0 Å². The number of hydrogen-bond donors (Lipinski definition) is 1. The molecule has 0 bridgehead atoms. The molecule has 0 fully saturated rings. The van der Waals surface area contributed by atoms with Gasteiger partial charge in [-0.25, -0.2) is 0 Å². The summed E-state index contributed by atoms with van der Waals surface area (Å²) in [4.78, 5) is 11.7. The highest BCUT2D eigenvalue weighted by Gasteiger charge is 2.07. The average Bonchev–Trinajstić information content (AvgIpc) is 2.84. The van der Waals surface area contributed by atoms with Crippen LogP contribution in [-0.4, -0.2) is 15.7 Å². The van der Waals surface area contributed by atoms with Crippen LogP contribution in [0.2, 0.25) is 5.02 Å². The molecule has 2 rings (SSSR count). The number of nitrogens with zero attached hydrogens (tertiary/aromatic N) is 3. The topological polar surface area (TPSA) is 70.7 Å². The highest BCUT2D eigenvalue weighted by molar-refractivity contribution is 6.33. The van der Waals surface area contributed by atoms with Crippen LogP contribution in [0.5, 0.6) is 0 Å². The molecule has 1 aromatic carbocycles. The van der Waals surface area contributed by atoms with Gasteiger partial charge in [-0.1, -0.05) is 11.6 Å². The molecule has 0 aliphatic rings. The van der Waals surface area contributed by atoms with E-state index in [0.717, 1.165) is 0 Å². The molecular formula is C12H9ClN4O. The number of halogens is 1. The van der Waals surface area contributed by atoms with Crippen LogP contribution in [0.25, 0.3) is 0 Å². The Morgan fingerprint density at radius 3 is 3.00 bits per heavy atom. The smallest absolute Gasteiger partial charge is 0.246 e. The number of hydrogen-bond acceptors (Lipinski definition) is 3. The standard InChI is InChI=1S/C12H9ClN4O/c13-10-6-9(7-14)2-3-11(10)16-12(18)8-17-5-1-4-15-17/h1-6H,8H2,(H,16,18). The molecule has 0 atom stereocenters. The highest BCUT2D eigenvalue weighted by atomic mass is 35.5. The minimum atomic E-state index is -0.231. The van der Waals surface area contributed by atoms with Gasteiger partial charge in [0.05, 0.1) is 22.3 Å². The molecule has 0 spiro atoms. The van der Waals surface area contributed by atoms with Crippen LogP contribution in [0.1, 0.15) is 5.56 Å². The van der Waals surface area contributed by atoms with Crippen molar-refractivity contribution in [3.8, 4) is 6.07 Å². The summed E-state index contributed by atoms with van der Waals surface area (Å²) in [6.07, 6.45) is 3.29. The van der Waals surface area contributed by atoms with Gasteiger partial charge in [-0.2, -0.15) is 10.4 Å². The molecule has 0 aliphatic carbocycles. The van der Waals surface area contributed by atoms with E-state index in [1.807, 2.05) is 6.07 Å². The van der Waals surface area contributed by atoms with Gasteiger partial charge in [0.2, 0.25) is 5.91 Å². The summed E-state index contributed by atoms with van der Waals surface area (Å²) >= 11 is 5.95. The molecule has 0 saturated heterocycles. The third kappa shape index (κ3) is 2.87. The fraction of sp³-hybridized carbons (Fsp3) is 0.0833. The number of benzene rings is 1. The van der Waals surface area contributed by atoms with Crippen molar-refractivity contribution < 1.29 is 4.79 Å². The van der Waals surface area contributed by atoms with Crippen LogP contribution >= 0.6 is 11.6 Å². The van der Waals surface area contributed by atoms with E-state index in [9.17, 15) is 4.79 Å². The van der Waals surface area contributed by atoms with Crippen molar-refractivity contribution in [2.24, 2.45) is 0 Å². The predicted octanol–water partition coefficient (Wildman–Crippen LogP) is 2.05. The minimum absolute atomic E-state index is 0.114. The molecule has 0 saturated carbocycles. The summed E-state index contributed by atoms with van der Waals surface area (Å²) in [5, 5.41) is 15.6. The monoisotopic (exact) mass is 260 g/mol. The lowest BCUT2D eigenvalue weighted by atomic mass is 10.2. The Hall–Kier alpha value is -2.32. The molecule has 18 heavy (non-hydrogen) atoms. The maximum Gasteiger partial charge on any atom is 0.246 e. The Labute approximate surface area is 109 Å². The summed E-state index contributed by atoms with van der Waals surface area (Å²) in [6, 6.07) is 8.41. The van der Waals surface area contributed by atoms with Crippen molar-refractivity contribution in [3.63, 3.8) is 0 Å². The molecule has 90 valence electrons. The number of nitrogens with one attached hydrogen (secondary N) is 1. The van der Waals surface area contributed by atoms with Gasteiger partial charge in [-0.15, -0.1) is 0 Å². The normalized spacial score (nSPS) is 9.78. The molecule has 0 radical (unpaired) electrons. The lowest BCUT2D eigenvalue weighted by molar-refractivity contribution is -0.116. The van der Waals surface area contributed by atoms with Crippen LogP contribution in [0, 0.1) is 11.3 Å². The van der Waals surface area contributed by atoms with Gasteiger partial charge in [0.15, 0.2) is 0 Å². The van der Waals surface area contributed by atoms with Gasteiger partial charge in [0.1, 0.15) is 6.54 Å². The first-order chi connectivity index (χ1) is 8.69. The summed E-state index contributed by atoms with van der Waals surface area (Å²) in [7, 11) is 0. The van der Waals surface area contributed by atoms with Crippen molar-refractivity contribution in [2.45, 2.75) is 6.54 Å². The maximum atomic E-state index is 11.7. The molecule has 0 aliphatic heterocycles. The van der Waals surface area contributed by atoms with Crippen LogP contribution in [-0.2, 0) is 11.3 Å². The Balaban J connectivity index is 2.05. The van der Waals surface area contributed by atoms with Crippen molar-refractivity contribution in [2.75, 3.05) is 5.32 Å². The zero-order valence-corrected chi connectivity index (χ0v) is 10.1. The molecule has 1 aromatic heterocycles. The quantitative estimate of drug-likeness (QED) is 0.918. The Morgan fingerprint density at radius 2 is 2.39 bits per heavy atom. The molecule has 1 N–H and O–H groups in total. The first-order valence-electron chi connectivity index (χ1n) is 5.16. The van der Waals surface area contributed by atoms with E-state index in [-0.39, 0.29) is 12.5 Å². The first-order valence-corrected chi connectivity index (χ1v) is 5.54. The van der Waals surface area contributed by atoms with Gasteiger partial charge in [0.25, 0.3) is 0 Å².